The number of nitrogens with two attached hydrogens (primary N) is 1. The number of hydrogen-bond donors (Lipinski definition) is 1. The Morgan fingerprint density at radius 3 is 2.94 bits per heavy atom. The van der Waals surface area contributed by atoms with E-state index in [-0.39, 0.29) is 11.7 Å². The third kappa shape index (κ3) is 2.62. The highest BCUT2D eigenvalue weighted by molar-refractivity contribution is 9.10. The summed E-state index contributed by atoms with van der Waals surface area (Å²) in [6.07, 6.45) is 2.32. The van der Waals surface area contributed by atoms with Crippen molar-refractivity contribution in [2.45, 2.75) is 19.4 Å². The van der Waals surface area contributed by atoms with Crippen LogP contribution in [0.1, 0.15) is 13.3 Å². The number of anilines is 1. The van der Waals surface area contributed by atoms with Crippen molar-refractivity contribution in [1.29, 1.82) is 0 Å². The molecule has 1 fully saturated rings. The van der Waals surface area contributed by atoms with E-state index in [1.54, 1.807) is 0 Å². The molecule has 7 heteroatoms. The fourth-order valence-electron chi connectivity index (χ4n) is 2.16. The van der Waals surface area contributed by atoms with Crippen molar-refractivity contribution in [3.63, 3.8) is 0 Å². The van der Waals surface area contributed by atoms with Crippen molar-refractivity contribution in [2.75, 3.05) is 18.0 Å². The number of rotatable bonds is 3. The van der Waals surface area contributed by atoms with E-state index < -0.39 is 4.92 Å². The molecule has 0 aromatic carbocycles. The first-order valence-corrected chi connectivity index (χ1v) is 6.59. The van der Waals surface area contributed by atoms with Crippen LogP contribution in [0.2, 0.25) is 0 Å². The van der Waals surface area contributed by atoms with Gasteiger partial charge in [0.1, 0.15) is 12.0 Å². The smallest absolute Gasteiger partial charge is 0.288 e. The molecule has 2 N–H and O–H groups in total. The number of pyridine rings is 1. The second kappa shape index (κ2) is 5.19. The van der Waals surface area contributed by atoms with Crippen LogP contribution in [0, 0.1) is 16.0 Å². The molecule has 0 radical (unpaired) electrons. The quantitative estimate of drug-likeness (QED) is 0.680. The Balaban J connectivity index is 2.18. The molecule has 0 amide bonds. The van der Waals surface area contributed by atoms with E-state index in [1.807, 2.05) is 6.92 Å². The molecule has 1 aliphatic heterocycles. The predicted octanol–water partition coefficient (Wildman–Crippen LogP) is 1.93. The van der Waals surface area contributed by atoms with E-state index in [0.717, 1.165) is 25.3 Å². The zero-order valence-electron chi connectivity index (χ0n) is 10.0. The molecule has 0 bridgehead atoms. The molecule has 2 rings (SSSR count). The molecule has 2 unspecified atom stereocenters. The molecule has 18 heavy (non-hydrogen) atoms. The van der Waals surface area contributed by atoms with Crippen LogP contribution in [0.15, 0.2) is 16.7 Å². The van der Waals surface area contributed by atoms with Crippen LogP contribution in [-0.2, 0) is 0 Å². The zero-order chi connectivity index (χ0) is 13.3. The van der Waals surface area contributed by atoms with Crippen LogP contribution < -0.4 is 10.6 Å². The van der Waals surface area contributed by atoms with Gasteiger partial charge in [0.05, 0.1) is 9.40 Å². The molecule has 2 heterocycles. The van der Waals surface area contributed by atoms with Gasteiger partial charge >= 0.3 is 0 Å². The van der Waals surface area contributed by atoms with Gasteiger partial charge in [0, 0.05) is 25.2 Å². The van der Waals surface area contributed by atoms with E-state index in [9.17, 15) is 10.1 Å². The molecule has 0 spiro atoms. The van der Waals surface area contributed by atoms with Crippen LogP contribution in [0.3, 0.4) is 0 Å². The Hall–Kier alpha value is -1.21. The lowest BCUT2D eigenvalue weighted by molar-refractivity contribution is -0.385. The minimum atomic E-state index is -0.448. The average Bonchev–Trinajstić information content (AvgIpc) is 2.78. The summed E-state index contributed by atoms with van der Waals surface area (Å²) in [7, 11) is 0. The van der Waals surface area contributed by atoms with Gasteiger partial charge < -0.3 is 10.6 Å². The van der Waals surface area contributed by atoms with Crippen LogP contribution in [0.4, 0.5) is 11.5 Å². The fraction of sp³-hybridized carbons (Fsp3) is 0.545. The van der Waals surface area contributed by atoms with Crippen molar-refractivity contribution in [1.82, 2.24) is 4.98 Å². The predicted molar refractivity (Wildman–Crippen MR) is 72.6 cm³/mol. The molecule has 98 valence electrons. The Labute approximate surface area is 113 Å². The van der Waals surface area contributed by atoms with Crippen molar-refractivity contribution in [3.8, 4) is 0 Å². The van der Waals surface area contributed by atoms with E-state index in [4.69, 9.17) is 5.73 Å². The van der Waals surface area contributed by atoms with E-state index in [2.05, 4.69) is 25.8 Å². The molecular weight excluding hydrogens is 300 g/mol. The van der Waals surface area contributed by atoms with E-state index in [0.29, 0.717) is 10.4 Å². The lowest BCUT2D eigenvalue weighted by atomic mass is 10.0. The van der Waals surface area contributed by atoms with Crippen LogP contribution in [-0.4, -0.2) is 29.0 Å². The van der Waals surface area contributed by atoms with Crippen LogP contribution >= 0.6 is 15.9 Å². The number of aromatic nitrogens is 1. The molecule has 1 saturated heterocycles. The summed E-state index contributed by atoms with van der Waals surface area (Å²) in [5, 5.41) is 10.6. The van der Waals surface area contributed by atoms with Gasteiger partial charge in [-0.25, -0.2) is 4.98 Å². The summed E-state index contributed by atoms with van der Waals surface area (Å²) in [5.41, 5.74) is 5.89. The maximum atomic E-state index is 10.6. The van der Waals surface area contributed by atoms with Crippen molar-refractivity contribution in [2.24, 2.45) is 11.7 Å². The minimum Gasteiger partial charge on any atom is -0.355 e. The number of nitro groups is 1. The topological polar surface area (TPSA) is 85.3 Å². The Bertz CT molecular complexity index is 466. The highest BCUT2D eigenvalue weighted by atomic mass is 79.9. The summed E-state index contributed by atoms with van der Waals surface area (Å²) in [4.78, 5) is 16.5. The first kappa shape index (κ1) is 13.2. The Kier molecular flexibility index (Phi) is 3.82. The van der Waals surface area contributed by atoms with E-state index in [1.165, 1.54) is 12.3 Å². The zero-order valence-corrected chi connectivity index (χ0v) is 11.6. The summed E-state index contributed by atoms with van der Waals surface area (Å²) >= 11 is 3.34. The summed E-state index contributed by atoms with van der Waals surface area (Å²) in [6, 6.07) is 1.65. The maximum absolute atomic E-state index is 10.6. The summed E-state index contributed by atoms with van der Waals surface area (Å²) in [5.74, 6) is 1.21. The van der Waals surface area contributed by atoms with Crippen LogP contribution in [0.25, 0.3) is 0 Å². The highest BCUT2D eigenvalue weighted by Crippen LogP contribution is 2.31. The molecule has 2 atom stereocenters. The number of hydrogen-bond acceptors (Lipinski definition) is 5. The van der Waals surface area contributed by atoms with Gasteiger partial charge in [-0.05, 0) is 35.2 Å². The number of halogens is 1. The number of nitrogens with zero attached hydrogens (tertiary/aromatic N) is 3. The standard InChI is InChI=1S/C11H15BrN4O2/c1-7(13)8-2-3-15(6-8)11-10(12)4-9(5-14-11)16(17)18/h4-5,7-8H,2-3,6,13H2,1H3. The summed E-state index contributed by atoms with van der Waals surface area (Å²) in [6.45, 7) is 3.74. The van der Waals surface area contributed by atoms with Gasteiger partial charge in [-0.15, -0.1) is 0 Å². The normalized spacial score (nSPS) is 21.1. The fourth-order valence-corrected chi connectivity index (χ4v) is 2.75. The molecule has 1 aliphatic rings. The molecule has 0 aliphatic carbocycles. The van der Waals surface area contributed by atoms with Gasteiger partial charge in [-0.1, -0.05) is 0 Å². The Morgan fingerprint density at radius 1 is 1.72 bits per heavy atom. The second-order valence-electron chi connectivity index (χ2n) is 4.61. The lowest BCUT2D eigenvalue weighted by Gasteiger charge is -2.19. The van der Waals surface area contributed by atoms with Gasteiger partial charge in [0.15, 0.2) is 0 Å². The molecule has 1 aromatic heterocycles. The monoisotopic (exact) mass is 314 g/mol. The third-order valence-electron chi connectivity index (χ3n) is 3.29. The molecule has 0 saturated carbocycles. The highest BCUT2D eigenvalue weighted by Gasteiger charge is 2.27. The maximum Gasteiger partial charge on any atom is 0.288 e. The first-order valence-electron chi connectivity index (χ1n) is 5.79. The SMILES string of the molecule is CC(N)C1CCN(c2ncc([N+](=O)[O-])cc2Br)C1. The van der Waals surface area contributed by atoms with Crippen molar-refractivity contribution in [3.05, 3.63) is 26.9 Å². The molecule has 6 nitrogen and oxygen atoms in total. The minimum absolute atomic E-state index is 0.00596. The third-order valence-corrected chi connectivity index (χ3v) is 3.87. The molecule has 1 aromatic rings. The second-order valence-corrected chi connectivity index (χ2v) is 5.46. The van der Waals surface area contributed by atoms with Gasteiger partial charge in [-0.3, -0.25) is 10.1 Å². The average molecular weight is 315 g/mol. The first-order chi connectivity index (χ1) is 8.49. The van der Waals surface area contributed by atoms with Crippen LogP contribution in [0.5, 0.6) is 0 Å². The largest absolute Gasteiger partial charge is 0.355 e. The van der Waals surface area contributed by atoms with E-state index >= 15 is 0 Å². The van der Waals surface area contributed by atoms with Crippen molar-refractivity contribution < 1.29 is 4.92 Å². The summed E-state index contributed by atoms with van der Waals surface area (Å²) < 4.78 is 0.655. The van der Waals surface area contributed by atoms with Gasteiger partial charge in [-0.2, -0.15) is 0 Å². The van der Waals surface area contributed by atoms with Crippen molar-refractivity contribution >= 4 is 27.4 Å². The molecular formula is C11H15BrN4O2. The van der Waals surface area contributed by atoms with Gasteiger partial charge in [0.2, 0.25) is 0 Å². The lowest BCUT2D eigenvalue weighted by Crippen LogP contribution is -2.30. The van der Waals surface area contributed by atoms with Gasteiger partial charge in [0.25, 0.3) is 5.69 Å². The Morgan fingerprint density at radius 2 is 2.44 bits per heavy atom.